The molecule has 1 aromatic carbocycles. The molecule has 2 rings (SSSR count). The molecule has 0 saturated carbocycles. The van der Waals surface area contributed by atoms with Crippen LogP contribution in [0, 0.1) is 0 Å². The fraction of sp³-hybridized carbons (Fsp3) is 0.182. The van der Waals surface area contributed by atoms with E-state index in [2.05, 4.69) is 10.1 Å². The van der Waals surface area contributed by atoms with Gasteiger partial charge in [0.25, 0.3) is 0 Å². The second-order valence-corrected chi connectivity index (χ2v) is 3.43. The summed E-state index contributed by atoms with van der Waals surface area (Å²) in [4.78, 5) is 14.4. The molecular weight excluding hydrogens is 222 g/mol. The van der Waals surface area contributed by atoms with Gasteiger partial charge in [-0.05, 0) is 31.2 Å². The number of ether oxygens (including phenoxy) is 1. The van der Waals surface area contributed by atoms with Crippen molar-refractivity contribution in [2.45, 2.75) is 13.0 Å². The number of aromatic nitrogens is 3. The molecular formula is C11H11N3O3. The highest BCUT2D eigenvalue weighted by molar-refractivity contribution is 5.72. The average Bonchev–Trinajstić information content (AvgIpc) is 2.83. The quantitative estimate of drug-likeness (QED) is 0.856. The molecule has 0 bridgehead atoms. The van der Waals surface area contributed by atoms with Gasteiger partial charge in [-0.3, -0.25) is 0 Å². The maximum absolute atomic E-state index is 10.6. The van der Waals surface area contributed by atoms with E-state index in [1.165, 1.54) is 13.3 Å². The van der Waals surface area contributed by atoms with Crippen LogP contribution in [0.25, 0.3) is 5.69 Å². The Kier molecular flexibility index (Phi) is 3.04. The van der Waals surface area contributed by atoms with Crippen molar-refractivity contribution in [3.05, 3.63) is 36.9 Å². The average molecular weight is 233 g/mol. The largest absolute Gasteiger partial charge is 0.479 e. The zero-order valence-corrected chi connectivity index (χ0v) is 9.15. The van der Waals surface area contributed by atoms with Crippen LogP contribution in [0.5, 0.6) is 5.75 Å². The minimum Gasteiger partial charge on any atom is -0.479 e. The van der Waals surface area contributed by atoms with E-state index in [4.69, 9.17) is 9.84 Å². The van der Waals surface area contributed by atoms with Crippen molar-refractivity contribution in [1.82, 2.24) is 14.8 Å². The van der Waals surface area contributed by atoms with E-state index in [1.807, 2.05) is 0 Å². The van der Waals surface area contributed by atoms with Crippen LogP contribution in [-0.2, 0) is 4.79 Å². The van der Waals surface area contributed by atoms with E-state index in [1.54, 1.807) is 35.3 Å². The minimum atomic E-state index is -0.995. The van der Waals surface area contributed by atoms with Crippen molar-refractivity contribution in [2.75, 3.05) is 0 Å². The third-order valence-corrected chi connectivity index (χ3v) is 2.18. The first-order chi connectivity index (χ1) is 8.16. The Morgan fingerprint density at radius 2 is 2.12 bits per heavy atom. The number of aliphatic carboxylic acids is 1. The van der Waals surface area contributed by atoms with E-state index in [0.717, 1.165) is 5.69 Å². The monoisotopic (exact) mass is 233 g/mol. The molecule has 0 aliphatic heterocycles. The van der Waals surface area contributed by atoms with Gasteiger partial charge >= 0.3 is 5.97 Å². The van der Waals surface area contributed by atoms with Gasteiger partial charge in [0, 0.05) is 0 Å². The Morgan fingerprint density at radius 1 is 1.41 bits per heavy atom. The van der Waals surface area contributed by atoms with Crippen LogP contribution < -0.4 is 4.74 Å². The summed E-state index contributed by atoms with van der Waals surface area (Å²) >= 11 is 0. The fourth-order valence-electron chi connectivity index (χ4n) is 1.27. The van der Waals surface area contributed by atoms with Crippen molar-refractivity contribution in [2.24, 2.45) is 0 Å². The topological polar surface area (TPSA) is 77.2 Å². The smallest absolute Gasteiger partial charge is 0.344 e. The summed E-state index contributed by atoms with van der Waals surface area (Å²) in [6, 6.07) is 6.93. The summed E-state index contributed by atoms with van der Waals surface area (Å²) in [6.07, 6.45) is 2.15. The molecule has 0 amide bonds. The van der Waals surface area contributed by atoms with Crippen LogP contribution in [0.2, 0.25) is 0 Å². The number of rotatable bonds is 4. The molecule has 2 aromatic rings. The number of carbonyl (C=O) groups is 1. The SMILES string of the molecule is CC(Oc1ccc(-n2cncn2)cc1)C(=O)O. The van der Waals surface area contributed by atoms with Crippen LogP contribution in [0.3, 0.4) is 0 Å². The molecule has 17 heavy (non-hydrogen) atoms. The Bertz CT molecular complexity index is 493. The Morgan fingerprint density at radius 3 is 2.65 bits per heavy atom. The Hall–Kier alpha value is -2.37. The number of hydrogen-bond acceptors (Lipinski definition) is 4. The third kappa shape index (κ3) is 2.60. The van der Waals surface area contributed by atoms with E-state index in [-0.39, 0.29) is 0 Å². The first-order valence-corrected chi connectivity index (χ1v) is 5.01. The minimum absolute atomic E-state index is 0.503. The van der Waals surface area contributed by atoms with Gasteiger partial charge in [-0.2, -0.15) is 5.10 Å². The van der Waals surface area contributed by atoms with Crippen molar-refractivity contribution < 1.29 is 14.6 Å². The highest BCUT2D eigenvalue weighted by Gasteiger charge is 2.12. The van der Waals surface area contributed by atoms with Gasteiger partial charge in [0.2, 0.25) is 0 Å². The predicted molar refractivity (Wildman–Crippen MR) is 59.1 cm³/mol. The van der Waals surface area contributed by atoms with E-state index in [9.17, 15) is 4.79 Å². The maximum Gasteiger partial charge on any atom is 0.344 e. The van der Waals surface area contributed by atoms with Crippen LogP contribution in [0.4, 0.5) is 0 Å². The molecule has 1 atom stereocenters. The molecule has 0 spiro atoms. The Labute approximate surface area is 97.5 Å². The summed E-state index contributed by atoms with van der Waals surface area (Å²) in [5, 5.41) is 12.7. The van der Waals surface area contributed by atoms with Gasteiger partial charge in [0.05, 0.1) is 5.69 Å². The molecule has 6 nitrogen and oxygen atoms in total. The normalized spacial score (nSPS) is 12.1. The lowest BCUT2D eigenvalue weighted by molar-refractivity contribution is -0.144. The Balaban J connectivity index is 2.11. The zero-order chi connectivity index (χ0) is 12.3. The highest BCUT2D eigenvalue weighted by atomic mass is 16.5. The third-order valence-electron chi connectivity index (χ3n) is 2.18. The lowest BCUT2D eigenvalue weighted by Gasteiger charge is -2.10. The van der Waals surface area contributed by atoms with Gasteiger partial charge in [-0.25, -0.2) is 14.5 Å². The van der Waals surface area contributed by atoms with E-state index in [0.29, 0.717) is 5.75 Å². The molecule has 1 aromatic heterocycles. The van der Waals surface area contributed by atoms with Gasteiger partial charge < -0.3 is 9.84 Å². The standard InChI is InChI=1S/C11H11N3O3/c1-8(11(15)16)17-10-4-2-9(3-5-10)14-7-12-6-13-14/h2-8H,1H3,(H,15,16). The van der Waals surface area contributed by atoms with Crippen LogP contribution in [0.15, 0.2) is 36.9 Å². The lowest BCUT2D eigenvalue weighted by Crippen LogP contribution is -2.22. The van der Waals surface area contributed by atoms with Gasteiger partial charge in [-0.1, -0.05) is 0 Å². The van der Waals surface area contributed by atoms with Crippen molar-refractivity contribution in [3.8, 4) is 11.4 Å². The highest BCUT2D eigenvalue weighted by Crippen LogP contribution is 2.15. The number of hydrogen-bond donors (Lipinski definition) is 1. The molecule has 0 saturated heterocycles. The molecule has 1 N–H and O–H groups in total. The predicted octanol–water partition coefficient (Wildman–Crippen LogP) is 1.12. The molecule has 1 heterocycles. The first-order valence-electron chi connectivity index (χ1n) is 5.01. The summed E-state index contributed by atoms with van der Waals surface area (Å²) in [7, 11) is 0. The van der Waals surface area contributed by atoms with E-state index >= 15 is 0 Å². The first kappa shape index (κ1) is 11.1. The molecule has 0 fully saturated rings. The van der Waals surface area contributed by atoms with E-state index < -0.39 is 12.1 Å². The molecule has 0 aliphatic rings. The number of carboxylic acids is 1. The summed E-state index contributed by atoms with van der Waals surface area (Å²) < 4.78 is 6.80. The molecule has 0 aliphatic carbocycles. The number of carboxylic acid groups (broad SMARTS) is 1. The summed E-state index contributed by atoms with van der Waals surface area (Å²) in [5.74, 6) is -0.492. The molecule has 6 heteroatoms. The zero-order valence-electron chi connectivity index (χ0n) is 9.15. The fourth-order valence-corrected chi connectivity index (χ4v) is 1.27. The van der Waals surface area contributed by atoms with Crippen molar-refractivity contribution >= 4 is 5.97 Å². The number of nitrogens with zero attached hydrogens (tertiary/aromatic N) is 3. The summed E-state index contributed by atoms with van der Waals surface area (Å²) in [5.41, 5.74) is 0.831. The summed E-state index contributed by atoms with van der Waals surface area (Å²) in [6.45, 7) is 1.48. The second kappa shape index (κ2) is 4.65. The maximum atomic E-state index is 10.6. The van der Waals surface area contributed by atoms with Crippen LogP contribution in [-0.4, -0.2) is 31.9 Å². The number of benzene rings is 1. The van der Waals surface area contributed by atoms with Gasteiger partial charge in [0.1, 0.15) is 18.4 Å². The molecule has 0 radical (unpaired) electrons. The molecule has 1 unspecified atom stereocenters. The van der Waals surface area contributed by atoms with Crippen LogP contribution in [0.1, 0.15) is 6.92 Å². The van der Waals surface area contributed by atoms with Crippen molar-refractivity contribution in [1.29, 1.82) is 0 Å². The van der Waals surface area contributed by atoms with Crippen molar-refractivity contribution in [3.63, 3.8) is 0 Å². The molecule has 88 valence electrons. The lowest BCUT2D eigenvalue weighted by atomic mass is 10.3. The van der Waals surface area contributed by atoms with Gasteiger partial charge in [-0.15, -0.1) is 0 Å². The van der Waals surface area contributed by atoms with Gasteiger partial charge in [0.15, 0.2) is 6.10 Å². The van der Waals surface area contributed by atoms with Crippen LogP contribution >= 0.6 is 0 Å². The second-order valence-electron chi connectivity index (χ2n) is 3.43.